The largest absolute Gasteiger partial charge is 0.313 e. The maximum absolute atomic E-state index is 3.48. The molecule has 3 heteroatoms. The normalized spacial score (nSPS) is 22.3. The first kappa shape index (κ1) is 9.19. The van der Waals surface area contributed by atoms with Gasteiger partial charge in [-0.2, -0.15) is 11.3 Å². The molecule has 1 aromatic heterocycles. The van der Waals surface area contributed by atoms with Crippen molar-refractivity contribution in [2.24, 2.45) is 0 Å². The first-order valence-corrected chi connectivity index (χ1v) is 5.84. The minimum atomic E-state index is 0.707. The molecule has 0 aliphatic carbocycles. The zero-order chi connectivity index (χ0) is 8.93. The Morgan fingerprint density at radius 1 is 1.62 bits per heavy atom. The summed E-state index contributed by atoms with van der Waals surface area (Å²) in [5.41, 5.74) is 1.41. The average Bonchev–Trinajstić information content (AvgIpc) is 2.75. The van der Waals surface area contributed by atoms with E-state index in [0.717, 1.165) is 13.1 Å². The van der Waals surface area contributed by atoms with Crippen molar-refractivity contribution in [3.05, 3.63) is 22.4 Å². The topological polar surface area (TPSA) is 24.1 Å². The van der Waals surface area contributed by atoms with E-state index in [4.69, 9.17) is 0 Å². The SMILES string of the molecule is c1cc(CNCC2CCCN2)cs1. The Morgan fingerprint density at radius 2 is 2.62 bits per heavy atom. The van der Waals surface area contributed by atoms with Crippen molar-refractivity contribution in [2.75, 3.05) is 13.1 Å². The molecule has 72 valence electrons. The number of hydrogen-bond donors (Lipinski definition) is 2. The van der Waals surface area contributed by atoms with E-state index >= 15 is 0 Å². The van der Waals surface area contributed by atoms with Gasteiger partial charge in [0.15, 0.2) is 0 Å². The van der Waals surface area contributed by atoms with E-state index in [0.29, 0.717) is 6.04 Å². The van der Waals surface area contributed by atoms with Gasteiger partial charge in [0, 0.05) is 19.1 Å². The van der Waals surface area contributed by atoms with Gasteiger partial charge in [0.25, 0.3) is 0 Å². The summed E-state index contributed by atoms with van der Waals surface area (Å²) < 4.78 is 0. The van der Waals surface area contributed by atoms with Crippen molar-refractivity contribution in [1.82, 2.24) is 10.6 Å². The zero-order valence-corrected chi connectivity index (χ0v) is 8.57. The lowest BCUT2D eigenvalue weighted by Gasteiger charge is -2.10. The predicted molar refractivity (Wildman–Crippen MR) is 57.1 cm³/mol. The van der Waals surface area contributed by atoms with Gasteiger partial charge >= 0.3 is 0 Å². The summed E-state index contributed by atoms with van der Waals surface area (Å²) in [6, 6.07) is 2.89. The minimum absolute atomic E-state index is 0.707. The maximum Gasteiger partial charge on any atom is 0.0214 e. The molecule has 0 radical (unpaired) electrons. The van der Waals surface area contributed by atoms with Crippen LogP contribution in [0.1, 0.15) is 18.4 Å². The summed E-state index contributed by atoms with van der Waals surface area (Å²) in [4.78, 5) is 0. The quantitative estimate of drug-likeness (QED) is 0.764. The second-order valence-corrected chi connectivity index (χ2v) is 4.34. The Labute approximate surface area is 83.4 Å². The van der Waals surface area contributed by atoms with Crippen LogP contribution in [0, 0.1) is 0 Å². The fourth-order valence-electron chi connectivity index (χ4n) is 1.71. The number of rotatable bonds is 4. The molecule has 1 unspecified atom stereocenters. The summed E-state index contributed by atoms with van der Waals surface area (Å²) in [6.45, 7) is 3.32. The molecule has 1 atom stereocenters. The summed E-state index contributed by atoms with van der Waals surface area (Å²) in [7, 11) is 0. The number of nitrogens with one attached hydrogen (secondary N) is 2. The molecule has 1 aromatic rings. The molecule has 2 N–H and O–H groups in total. The van der Waals surface area contributed by atoms with E-state index in [1.807, 2.05) is 0 Å². The molecule has 2 rings (SSSR count). The predicted octanol–water partition coefficient (Wildman–Crippen LogP) is 1.59. The first-order valence-electron chi connectivity index (χ1n) is 4.90. The highest BCUT2D eigenvalue weighted by molar-refractivity contribution is 7.07. The first-order chi connectivity index (χ1) is 6.45. The molecule has 13 heavy (non-hydrogen) atoms. The summed E-state index contributed by atoms with van der Waals surface area (Å²) in [5, 5.41) is 11.3. The number of hydrogen-bond acceptors (Lipinski definition) is 3. The third kappa shape index (κ3) is 2.79. The Morgan fingerprint density at radius 3 is 3.31 bits per heavy atom. The monoisotopic (exact) mass is 196 g/mol. The molecule has 2 nitrogen and oxygen atoms in total. The van der Waals surface area contributed by atoms with E-state index in [1.165, 1.54) is 24.9 Å². The Hall–Kier alpha value is -0.380. The van der Waals surface area contributed by atoms with Crippen LogP contribution in [-0.4, -0.2) is 19.1 Å². The Kier molecular flexibility index (Phi) is 3.35. The summed E-state index contributed by atoms with van der Waals surface area (Å²) in [5.74, 6) is 0. The molecule has 1 aliphatic heterocycles. The van der Waals surface area contributed by atoms with Crippen LogP contribution in [0.5, 0.6) is 0 Å². The molecule has 0 aromatic carbocycles. The van der Waals surface area contributed by atoms with E-state index in [9.17, 15) is 0 Å². The van der Waals surface area contributed by atoms with Gasteiger partial charge in [0.1, 0.15) is 0 Å². The molecule has 1 fully saturated rings. The van der Waals surface area contributed by atoms with Gasteiger partial charge < -0.3 is 10.6 Å². The van der Waals surface area contributed by atoms with Crippen LogP contribution in [0.15, 0.2) is 16.8 Å². The zero-order valence-electron chi connectivity index (χ0n) is 7.75. The highest BCUT2D eigenvalue weighted by Crippen LogP contribution is 2.06. The molecule has 0 saturated carbocycles. The second-order valence-electron chi connectivity index (χ2n) is 3.56. The van der Waals surface area contributed by atoms with Gasteiger partial charge in [-0.05, 0) is 41.8 Å². The van der Waals surface area contributed by atoms with Crippen LogP contribution in [0.25, 0.3) is 0 Å². The Balaban J connectivity index is 1.63. The maximum atomic E-state index is 3.48. The molecule has 0 spiro atoms. The van der Waals surface area contributed by atoms with E-state index in [1.54, 1.807) is 11.3 Å². The molecule has 0 amide bonds. The lowest BCUT2D eigenvalue weighted by Crippen LogP contribution is -2.33. The molecular formula is C10H16N2S. The molecular weight excluding hydrogens is 180 g/mol. The van der Waals surface area contributed by atoms with Crippen molar-refractivity contribution in [1.29, 1.82) is 0 Å². The van der Waals surface area contributed by atoms with E-state index in [2.05, 4.69) is 27.5 Å². The fraction of sp³-hybridized carbons (Fsp3) is 0.600. The van der Waals surface area contributed by atoms with Gasteiger partial charge in [-0.15, -0.1) is 0 Å². The van der Waals surface area contributed by atoms with Crippen LogP contribution in [0.2, 0.25) is 0 Å². The third-order valence-corrected chi connectivity index (χ3v) is 3.19. The third-order valence-electron chi connectivity index (χ3n) is 2.46. The molecule has 2 heterocycles. The van der Waals surface area contributed by atoms with Gasteiger partial charge in [-0.1, -0.05) is 0 Å². The smallest absolute Gasteiger partial charge is 0.0214 e. The van der Waals surface area contributed by atoms with E-state index < -0.39 is 0 Å². The standard InChI is InChI=1S/C10H16N2S/c1-2-10(12-4-1)7-11-6-9-3-5-13-8-9/h3,5,8,10-12H,1-2,4,6-7H2. The van der Waals surface area contributed by atoms with Gasteiger partial charge in [0.2, 0.25) is 0 Å². The molecule has 1 saturated heterocycles. The summed E-state index contributed by atoms with van der Waals surface area (Å²) in [6.07, 6.45) is 2.67. The van der Waals surface area contributed by atoms with E-state index in [-0.39, 0.29) is 0 Å². The molecule has 0 bridgehead atoms. The highest BCUT2D eigenvalue weighted by Gasteiger charge is 2.12. The van der Waals surface area contributed by atoms with Crippen molar-refractivity contribution in [3.63, 3.8) is 0 Å². The van der Waals surface area contributed by atoms with Crippen molar-refractivity contribution < 1.29 is 0 Å². The van der Waals surface area contributed by atoms with Crippen LogP contribution in [0.4, 0.5) is 0 Å². The van der Waals surface area contributed by atoms with Crippen molar-refractivity contribution in [2.45, 2.75) is 25.4 Å². The van der Waals surface area contributed by atoms with Gasteiger partial charge in [-0.3, -0.25) is 0 Å². The van der Waals surface area contributed by atoms with Crippen molar-refractivity contribution >= 4 is 11.3 Å². The molecule has 1 aliphatic rings. The van der Waals surface area contributed by atoms with Crippen LogP contribution in [0.3, 0.4) is 0 Å². The summed E-state index contributed by atoms with van der Waals surface area (Å²) >= 11 is 1.77. The lowest BCUT2D eigenvalue weighted by atomic mass is 10.2. The van der Waals surface area contributed by atoms with Crippen LogP contribution >= 0.6 is 11.3 Å². The highest BCUT2D eigenvalue weighted by atomic mass is 32.1. The lowest BCUT2D eigenvalue weighted by molar-refractivity contribution is 0.536. The number of thiophene rings is 1. The Bertz CT molecular complexity index is 227. The van der Waals surface area contributed by atoms with Crippen LogP contribution < -0.4 is 10.6 Å². The minimum Gasteiger partial charge on any atom is -0.313 e. The van der Waals surface area contributed by atoms with Gasteiger partial charge in [-0.25, -0.2) is 0 Å². The fourth-order valence-corrected chi connectivity index (χ4v) is 2.38. The second kappa shape index (κ2) is 4.74. The van der Waals surface area contributed by atoms with Gasteiger partial charge in [0.05, 0.1) is 0 Å². The van der Waals surface area contributed by atoms with Crippen molar-refractivity contribution in [3.8, 4) is 0 Å². The van der Waals surface area contributed by atoms with Crippen LogP contribution in [-0.2, 0) is 6.54 Å². The average molecular weight is 196 g/mol.